The van der Waals surface area contributed by atoms with Gasteiger partial charge in [-0.3, -0.25) is 4.99 Å². The third-order valence-corrected chi connectivity index (χ3v) is 10.8. The fraction of sp³-hybridized carbons (Fsp3) is 0.464. The van der Waals surface area contributed by atoms with Crippen molar-refractivity contribution in [2.45, 2.75) is 77.2 Å². The van der Waals surface area contributed by atoms with Crippen LogP contribution in [0.1, 0.15) is 58.1 Å². The molecule has 1 N–H and O–H groups in total. The largest absolute Gasteiger partial charge is 0.415 e. The van der Waals surface area contributed by atoms with Crippen molar-refractivity contribution in [1.82, 2.24) is 0 Å². The van der Waals surface area contributed by atoms with E-state index in [1.807, 2.05) is 42.5 Å². The summed E-state index contributed by atoms with van der Waals surface area (Å²) in [6.45, 7) is 13.8. The van der Waals surface area contributed by atoms with Crippen molar-refractivity contribution in [3.05, 3.63) is 83.9 Å². The molecule has 2 aromatic carbocycles. The summed E-state index contributed by atoms with van der Waals surface area (Å²) in [7, 11) is -1.97. The zero-order chi connectivity index (χ0) is 23.6. The lowest BCUT2D eigenvalue weighted by Gasteiger charge is -2.37. The monoisotopic (exact) mass is 451 g/mol. The number of allylic oxidation sites excluding steroid dienone is 1. The number of rotatable bonds is 11. The highest BCUT2D eigenvalue weighted by molar-refractivity contribution is 6.74. The van der Waals surface area contributed by atoms with Crippen LogP contribution in [0.5, 0.6) is 0 Å². The van der Waals surface area contributed by atoms with E-state index >= 15 is 0 Å². The van der Waals surface area contributed by atoms with Gasteiger partial charge < -0.3 is 9.53 Å². The number of hydrogen-bond acceptors (Lipinski definition) is 3. The van der Waals surface area contributed by atoms with Crippen LogP contribution in [0.2, 0.25) is 18.1 Å². The summed E-state index contributed by atoms with van der Waals surface area (Å²) in [4.78, 5) is 5.11. The highest BCUT2D eigenvalue weighted by Gasteiger charge is 2.38. The Hall–Kier alpha value is -2.01. The van der Waals surface area contributed by atoms with Gasteiger partial charge in [-0.1, -0.05) is 113 Å². The maximum absolute atomic E-state index is 11.1. The third kappa shape index (κ3) is 7.84. The van der Waals surface area contributed by atoms with Gasteiger partial charge in [0.2, 0.25) is 0 Å². The maximum atomic E-state index is 11.1. The quantitative estimate of drug-likeness (QED) is 0.173. The molecule has 2 rings (SSSR count). The average Bonchev–Trinajstić information content (AvgIpc) is 2.77. The van der Waals surface area contributed by atoms with Crippen molar-refractivity contribution < 1.29 is 9.53 Å². The van der Waals surface area contributed by atoms with Gasteiger partial charge in [0.1, 0.15) is 6.04 Å². The van der Waals surface area contributed by atoms with E-state index in [2.05, 4.69) is 71.1 Å². The van der Waals surface area contributed by atoms with E-state index in [1.54, 1.807) is 0 Å². The number of nitrogens with zero attached hydrogens (tertiary/aromatic N) is 1. The van der Waals surface area contributed by atoms with E-state index in [1.165, 1.54) is 0 Å². The van der Waals surface area contributed by atoms with Crippen molar-refractivity contribution in [3.8, 4) is 0 Å². The molecular weight excluding hydrogens is 410 g/mol. The van der Waals surface area contributed by atoms with Crippen LogP contribution in [-0.2, 0) is 4.43 Å². The predicted molar refractivity (Wildman–Crippen MR) is 140 cm³/mol. The van der Waals surface area contributed by atoms with Crippen LogP contribution in [0, 0.1) is 0 Å². The molecule has 0 fully saturated rings. The summed E-state index contributed by atoms with van der Waals surface area (Å²) in [6, 6.07) is 20.0. The Morgan fingerprint density at radius 2 is 1.53 bits per heavy atom. The first kappa shape index (κ1) is 26.2. The van der Waals surface area contributed by atoms with Crippen molar-refractivity contribution in [1.29, 1.82) is 0 Å². The van der Waals surface area contributed by atoms with Gasteiger partial charge in [0.05, 0.1) is 18.4 Å². The summed E-state index contributed by atoms with van der Waals surface area (Å²) < 4.78 is 6.52. The van der Waals surface area contributed by atoms with Gasteiger partial charge in [-0.2, -0.15) is 0 Å². The van der Waals surface area contributed by atoms with Gasteiger partial charge in [0.25, 0.3) is 0 Å². The van der Waals surface area contributed by atoms with E-state index in [0.717, 1.165) is 36.1 Å². The summed E-state index contributed by atoms with van der Waals surface area (Å²) in [5.74, 6) is 0. The first-order valence-electron chi connectivity index (χ1n) is 11.8. The number of aliphatic imine (C=N–C) groups is 1. The fourth-order valence-corrected chi connectivity index (χ4v) is 4.10. The fourth-order valence-electron chi connectivity index (χ4n) is 3.08. The zero-order valence-electron chi connectivity index (χ0n) is 20.7. The lowest BCUT2D eigenvalue weighted by molar-refractivity contribution is 0.147. The van der Waals surface area contributed by atoms with Gasteiger partial charge in [-0.15, -0.1) is 0 Å². The molecular formula is C28H41NO2Si. The minimum atomic E-state index is -1.97. The minimum absolute atomic E-state index is 0.102. The molecule has 0 spiro atoms. The Kier molecular flexibility index (Phi) is 10.1. The van der Waals surface area contributed by atoms with Crippen LogP contribution in [0.25, 0.3) is 0 Å². The van der Waals surface area contributed by atoms with Crippen LogP contribution in [-0.4, -0.2) is 37.9 Å². The lowest BCUT2D eigenvalue weighted by Crippen LogP contribution is -2.44. The van der Waals surface area contributed by atoms with E-state index in [4.69, 9.17) is 9.42 Å². The summed E-state index contributed by atoms with van der Waals surface area (Å²) >= 11 is 0. The Balaban J connectivity index is 2.42. The molecule has 0 heterocycles. The molecule has 0 amide bonds. The Morgan fingerprint density at radius 1 is 1.00 bits per heavy atom. The van der Waals surface area contributed by atoms with Gasteiger partial charge in [0, 0.05) is 11.1 Å². The van der Waals surface area contributed by atoms with E-state index in [9.17, 15) is 5.11 Å². The SMILES string of the molecule is CCCC/C=C/[C@H](O)[C@H](CO[Si](C)(C)C(C)(C)C)N=C(c1ccccc1)c1ccccc1. The standard InChI is InChI=1S/C28H41NO2Si/c1-7-8-9-16-21-26(30)25(22-31-32(5,6)28(2,3)4)29-27(23-17-12-10-13-18-23)24-19-14-11-15-20-24/h10-21,25-26,30H,7-9,22H2,1-6H3/b21-16+/t25-,26-/m0/s1. The highest BCUT2D eigenvalue weighted by atomic mass is 28.4. The van der Waals surface area contributed by atoms with Crippen LogP contribution < -0.4 is 0 Å². The maximum Gasteiger partial charge on any atom is 0.192 e. The molecule has 0 saturated heterocycles. The molecule has 32 heavy (non-hydrogen) atoms. The zero-order valence-corrected chi connectivity index (χ0v) is 21.7. The highest BCUT2D eigenvalue weighted by Crippen LogP contribution is 2.36. The molecule has 4 heteroatoms. The van der Waals surface area contributed by atoms with E-state index in [0.29, 0.717) is 6.61 Å². The summed E-state index contributed by atoms with van der Waals surface area (Å²) in [5, 5.41) is 11.2. The summed E-state index contributed by atoms with van der Waals surface area (Å²) in [5.41, 5.74) is 2.97. The molecule has 2 aromatic rings. The molecule has 0 aromatic heterocycles. The average molecular weight is 452 g/mol. The van der Waals surface area contributed by atoms with Gasteiger partial charge in [-0.05, 0) is 24.6 Å². The second-order valence-electron chi connectivity index (χ2n) is 9.91. The summed E-state index contributed by atoms with van der Waals surface area (Å²) in [6.07, 6.45) is 6.51. The topological polar surface area (TPSA) is 41.8 Å². The minimum Gasteiger partial charge on any atom is -0.415 e. The Labute approximate surface area is 196 Å². The molecule has 0 bridgehead atoms. The normalized spacial score (nSPS) is 14.3. The first-order chi connectivity index (χ1) is 15.2. The lowest BCUT2D eigenvalue weighted by atomic mass is 10.0. The second kappa shape index (κ2) is 12.3. The third-order valence-electron chi connectivity index (χ3n) is 6.26. The van der Waals surface area contributed by atoms with Gasteiger partial charge in [-0.25, -0.2) is 0 Å². The Bertz CT molecular complexity index is 813. The van der Waals surface area contributed by atoms with Crippen LogP contribution >= 0.6 is 0 Å². The molecule has 0 radical (unpaired) electrons. The number of aliphatic hydroxyl groups excluding tert-OH is 1. The molecule has 0 aliphatic carbocycles. The van der Waals surface area contributed by atoms with E-state index < -0.39 is 14.4 Å². The molecule has 0 aliphatic rings. The molecule has 0 unspecified atom stereocenters. The molecule has 3 nitrogen and oxygen atoms in total. The Morgan fingerprint density at radius 3 is 2.00 bits per heavy atom. The van der Waals surface area contributed by atoms with Gasteiger partial charge in [0.15, 0.2) is 8.32 Å². The van der Waals surface area contributed by atoms with Crippen LogP contribution in [0.15, 0.2) is 77.8 Å². The molecule has 0 saturated carbocycles. The molecule has 174 valence electrons. The number of hydrogen-bond donors (Lipinski definition) is 1. The van der Waals surface area contributed by atoms with Crippen LogP contribution in [0.3, 0.4) is 0 Å². The predicted octanol–water partition coefficient (Wildman–Crippen LogP) is 7.02. The second-order valence-corrected chi connectivity index (χ2v) is 14.7. The van der Waals surface area contributed by atoms with Gasteiger partial charge >= 0.3 is 0 Å². The number of unbranched alkanes of at least 4 members (excludes halogenated alkanes) is 2. The van der Waals surface area contributed by atoms with Crippen molar-refractivity contribution in [3.63, 3.8) is 0 Å². The number of benzene rings is 2. The molecule has 2 atom stereocenters. The first-order valence-corrected chi connectivity index (χ1v) is 14.7. The van der Waals surface area contributed by atoms with Crippen molar-refractivity contribution in [2.75, 3.05) is 6.61 Å². The number of aliphatic hydroxyl groups is 1. The van der Waals surface area contributed by atoms with E-state index in [-0.39, 0.29) is 11.1 Å². The van der Waals surface area contributed by atoms with Crippen LogP contribution in [0.4, 0.5) is 0 Å². The molecule has 0 aliphatic heterocycles. The smallest absolute Gasteiger partial charge is 0.192 e. The van der Waals surface area contributed by atoms with Crippen molar-refractivity contribution >= 4 is 14.0 Å². The van der Waals surface area contributed by atoms with Crippen molar-refractivity contribution in [2.24, 2.45) is 4.99 Å².